The molecule has 0 aliphatic carbocycles. The zero-order valence-electron chi connectivity index (χ0n) is 12.8. The van der Waals surface area contributed by atoms with Gasteiger partial charge in [-0.25, -0.2) is 0 Å². The lowest BCUT2D eigenvalue weighted by atomic mass is 10.0. The molecule has 0 spiro atoms. The fourth-order valence-electron chi connectivity index (χ4n) is 2.09. The molecule has 0 aromatic heterocycles. The Labute approximate surface area is 134 Å². The predicted molar refractivity (Wildman–Crippen MR) is 85.8 cm³/mol. The summed E-state index contributed by atoms with van der Waals surface area (Å²) in [5, 5.41) is 3.55. The van der Waals surface area contributed by atoms with E-state index in [1.807, 2.05) is 30.3 Å². The lowest BCUT2D eigenvalue weighted by Crippen LogP contribution is -2.07. The van der Waals surface area contributed by atoms with Gasteiger partial charge in [0.1, 0.15) is 12.4 Å². The van der Waals surface area contributed by atoms with Crippen molar-refractivity contribution in [2.75, 3.05) is 7.11 Å². The Morgan fingerprint density at radius 3 is 2.65 bits per heavy atom. The third-order valence-electron chi connectivity index (χ3n) is 3.29. The minimum atomic E-state index is -0.354. The molecule has 0 aliphatic rings. The SMILES string of the molecule is COC(=O)Cc1cc(OCc2ccccc2)ccc1CN=[N+]=[N-]. The summed E-state index contributed by atoms with van der Waals surface area (Å²) in [5.74, 6) is 0.296. The van der Waals surface area contributed by atoms with Crippen LogP contribution in [0.5, 0.6) is 5.75 Å². The van der Waals surface area contributed by atoms with E-state index < -0.39 is 0 Å². The molecule has 0 fully saturated rings. The summed E-state index contributed by atoms with van der Waals surface area (Å²) < 4.78 is 10.5. The maximum atomic E-state index is 11.5. The first kappa shape index (κ1) is 16.4. The number of methoxy groups -OCH3 is 1. The molecule has 118 valence electrons. The van der Waals surface area contributed by atoms with Gasteiger partial charge in [-0.05, 0) is 34.4 Å². The van der Waals surface area contributed by atoms with Crippen molar-refractivity contribution in [2.45, 2.75) is 19.6 Å². The normalized spacial score (nSPS) is 9.78. The van der Waals surface area contributed by atoms with Crippen LogP contribution < -0.4 is 4.74 Å². The van der Waals surface area contributed by atoms with Gasteiger partial charge in [0.05, 0.1) is 20.1 Å². The number of hydrogen-bond donors (Lipinski definition) is 0. The minimum absolute atomic E-state index is 0.106. The molecule has 0 saturated heterocycles. The summed E-state index contributed by atoms with van der Waals surface area (Å²) in [6.07, 6.45) is 0.106. The molecule has 0 bridgehead atoms. The first-order chi connectivity index (χ1) is 11.2. The molecule has 0 saturated carbocycles. The second-order valence-corrected chi connectivity index (χ2v) is 4.85. The maximum absolute atomic E-state index is 11.5. The van der Waals surface area contributed by atoms with Crippen LogP contribution in [-0.4, -0.2) is 13.1 Å². The van der Waals surface area contributed by atoms with E-state index in [9.17, 15) is 4.79 Å². The molecular weight excluding hydrogens is 294 g/mol. The smallest absolute Gasteiger partial charge is 0.309 e. The molecule has 2 aromatic carbocycles. The highest BCUT2D eigenvalue weighted by Crippen LogP contribution is 2.21. The van der Waals surface area contributed by atoms with Crippen LogP contribution in [-0.2, 0) is 29.1 Å². The van der Waals surface area contributed by atoms with E-state index in [0.29, 0.717) is 12.4 Å². The molecular formula is C17H17N3O3. The van der Waals surface area contributed by atoms with Gasteiger partial charge in [0.25, 0.3) is 0 Å². The lowest BCUT2D eigenvalue weighted by molar-refractivity contribution is -0.139. The van der Waals surface area contributed by atoms with Gasteiger partial charge in [-0.1, -0.05) is 41.5 Å². The predicted octanol–water partition coefficient (Wildman–Crippen LogP) is 3.79. The molecule has 6 heteroatoms. The lowest BCUT2D eigenvalue weighted by Gasteiger charge is -2.11. The standard InChI is InChI=1S/C17H17N3O3/c1-22-17(21)10-15-9-16(8-7-14(15)11-19-20-18)23-12-13-5-3-2-4-6-13/h2-9H,10-12H2,1H3. The molecule has 23 heavy (non-hydrogen) atoms. The molecule has 0 radical (unpaired) electrons. The zero-order valence-corrected chi connectivity index (χ0v) is 12.8. The van der Waals surface area contributed by atoms with Crippen LogP contribution in [0.1, 0.15) is 16.7 Å². The average Bonchev–Trinajstić information content (AvgIpc) is 2.60. The van der Waals surface area contributed by atoms with E-state index in [1.54, 1.807) is 18.2 Å². The Hall–Kier alpha value is -2.98. The van der Waals surface area contributed by atoms with Crippen molar-refractivity contribution < 1.29 is 14.3 Å². The van der Waals surface area contributed by atoms with Gasteiger partial charge in [-0.2, -0.15) is 0 Å². The molecule has 0 aliphatic heterocycles. The second-order valence-electron chi connectivity index (χ2n) is 4.85. The van der Waals surface area contributed by atoms with Crippen LogP contribution in [0.4, 0.5) is 0 Å². The van der Waals surface area contributed by atoms with Crippen molar-refractivity contribution in [3.8, 4) is 5.75 Å². The highest BCUT2D eigenvalue weighted by Gasteiger charge is 2.10. The third-order valence-corrected chi connectivity index (χ3v) is 3.29. The van der Waals surface area contributed by atoms with Gasteiger partial charge in [0.15, 0.2) is 0 Å². The van der Waals surface area contributed by atoms with E-state index >= 15 is 0 Å². The number of esters is 1. The summed E-state index contributed by atoms with van der Waals surface area (Å²) in [6, 6.07) is 15.2. The Kier molecular flexibility index (Phi) is 6.03. The average molecular weight is 311 g/mol. The number of azide groups is 1. The number of benzene rings is 2. The van der Waals surface area contributed by atoms with Crippen molar-refractivity contribution in [3.63, 3.8) is 0 Å². The molecule has 0 N–H and O–H groups in total. The van der Waals surface area contributed by atoms with Crippen molar-refractivity contribution >= 4 is 5.97 Å². The largest absolute Gasteiger partial charge is 0.489 e. The van der Waals surface area contributed by atoms with Crippen LogP contribution >= 0.6 is 0 Å². The first-order valence-corrected chi connectivity index (χ1v) is 7.09. The van der Waals surface area contributed by atoms with Crippen molar-refractivity contribution in [1.29, 1.82) is 0 Å². The first-order valence-electron chi connectivity index (χ1n) is 7.09. The van der Waals surface area contributed by atoms with Crippen molar-refractivity contribution in [2.24, 2.45) is 5.11 Å². The van der Waals surface area contributed by atoms with E-state index in [-0.39, 0.29) is 18.9 Å². The van der Waals surface area contributed by atoms with E-state index in [1.165, 1.54) is 7.11 Å². The van der Waals surface area contributed by atoms with Crippen molar-refractivity contribution in [3.05, 3.63) is 75.7 Å². The van der Waals surface area contributed by atoms with Crippen LogP contribution in [0.25, 0.3) is 10.4 Å². The summed E-state index contributed by atoms with van der Waals surface area (Å²) in [7, 11) is 1.34. The number of carbonyl (C=O) groups excluding carboxylic acids is 1. The number of hydrogen-bond acceptors (Lipinski definition) is 4. The third kappa shape index (κ3) is 5.05. The van der Waals surface area contributed by atoms with Crippen molar-refractivity contribution in [1.82, 2.24) is 0 Å². The molecule has 6 nitrogen and oxygen atoms in total. The van der Waals surface area contributed by atoms with Crippen LogP contribution in [0.2, 0.25) is 0 Å². The summed E-state index contributed by atoms with van der Waals surface area (Å²) in [5.41, 5.74) is 11.0. The monoisotopic (exact) mass is 311 g/mol. The van der Waals surface area contributed by atoms with Gasteiger partial charge in [0, 0.05) is 4.91 Å². The Bertz CT molecular complexity index is 710. The van der Waals surface area contributed by atoms with E-state index in [0.717, 1.165) is 16.7 Å². The van der Waals surface area contributed by atoms with Gasteiger partial charge < -0.3 is 9.47 Å². The Balaban J connectivity index is 2.15. The topological polar surface area (TPSA) is 84.3 Å². The molecule has 2 aromatic rings. The zero-order chi connectivity index (χ0) is 16.5. The minimum Gasteiger partial charge on any atom is -0.489 e. The van der Waals surface area contributed by atoms with Gasteiger partial charge in [0.2, 0.25) is 0 Å². The Morgan fingerprint density at radius 1 is 1.17 bits per heavy atom. The number of nitrogens with zero attached hydrogens (tertiary/aromatic N) is 3. The summed E-state index contributed by atoms with van der Waals surface area (Å²) >= 11 is 0. The van der Waals surface area contributed by atoms with E-state index in [2.05, 4.69) is 10.0 Å². The second kappa shape index (κ2) is 8.46. The van der Waals surface area contributed by atoms with E-state index in [4.69, 9.17) is 15.0 Å². The number of ether oxygens (including phenoxy) is 2. The highest BCUT2D eigenvalue weighted by molar-refractivity contribution is 5.73. The van der Waals surface area contributed by atoms with Gasteiger partial charge in [-0.3, -0.25) is 4.79 Å². The van der Waals surface area contributed by atoms with Crippen LogP contribution in [0.15, 0.2) is 53.6 Å². The highest BCUT2D eigenvalue weighted by atomic mass is 16.5. The Morgan fingerprint density at radius 2 is 1.96 bits per heavy atom. The quantitative estimate of drug-likeness (QED) is 0.337. The van der Waals surface area contributed by atoms with Gasteiger partial charge >= 0.3 is 5.97 Å². The summed E-state index contributed by atoms with van der Waals surface area (Å²) in [6.45, 7) is 0.621. The molecule has 0 atom stereocenters. The fourth-order valence-corrected chi connectivity index (χ4v) is 2.09. The number of rotatable bonds is 7. The summed E-state index contributed by atoms with van der Waals surface area (Å²) in [4.78, 5) is 14.3. The molecule has 2 rings (SSSR count). The van der Waals surface area contributed by atoms with Crippen LogP contribution in [0.3, 0.4) is 0 Å². The molecule has 0 amide bonds. The molecule has 0 heterocycles. The van der Waals surface area contributed by atoms with Gasteiger partial charge in [-0.15, -0.1) is 0 Å². The maximum Gasteiger partial charge on any atom is 0.309 e. The van der Waals surface area contributed by atoms with Crippen LogP contribution in [0, 0.1) is 0 Å². The fraction of sp³-hybridized carbons (Fsp3) is 0.235. The number of carbonyl (C=O) groups is 1. The molecule has 0 unspecified atom stereocenters.